The van der Waals surface area contributed by atoms with Crippen LogP contribution in [0.3, 0.4) is 0 Å². The average Bonchev–Trinajstić information content (AvgIpc) is 2.89. The molecule has 0 saturated carbocycles. The topological polar surface area (TPSA) is 88.2 Å². The van der Waals surface area contributed by atoms with Gasteiger partial charge in [0.25, 0.3) is 0 Å². The molecule has 1 aromatic heterocycles. The SMILES string of the molecule is C=CCn1c(O)c(N=NC(=S)NCCCC(=O)OC)c2ccccc21. The number of aromatic nitrogens is 1. The van der Waals surface area contributed by atoms with E-state index in [-0.39, 0.29) is 17.0 Å². The molecule has 2 aromatic rings. The first-order valence-electron chi connectivity index (χ1n) is 7.76. The van der Waals surface area contributed by atoms with Gasteiger partial charge in [0.2, 0.25) is 11.0 Å². The molecule has 0 unspecified atom stereocenters. The lowest BCUT2D eigenvalue weighted by atomic mass is 10.2. The van der Waals surface area contributed by atoms with E-state index >= 15 is 0 Å². The third-order valence-corrected chi connectivity index (χ3v) is 3.76. The van der Waals surface area contributed by atoms with Crippen LogP contribution in [0.1, 0.15) is 12.8 Å². The van der Waals surface area contributed by atoms with Crippen molar-refractivity contribution in [2.75, 3.05) is 13.7 Å². The van der Waals surface area contributed by atoms with Crippen molar-refractivity contribution in [3.05, 3.63) is 36.9 Å². The van der Waals surface area contributed by atoms with E-state index in [0.29, 0.717) is 31.6 Å². The van der Waals surface area contributed by atoms with E-state index in [1.165, 1.54) is 7.11 Å². The van der Waals surface area contributed by atoms with Gasteiger partial charge < -0.3 is 19.7 Å². The van der Waals surface area contributed by atoms with Crippen LogP contribution in [0.25, 0.3) is 10.9 Å². The van der Waals surface area contributed by atoms with Crippen LogP contribution in [0.2, 0.25) is 0 Å². The molecule has 0 atom stereocenters. The Hall–Kier alpha value is -2.74. The number of fused-ring (bicyclic) bond motifs is 1. The number of aromatic hydroxyl groups is 1. The van der Waals surface area contributed by atoms with Crippen LogP contribution >= 0.6 is 12.2 Å². The zero-order valence-electron chi connectivity index (χ0n) is 13.9. The molecule has 2 N–H and O–H groups in total. The van der Waals surface area contributed by atoms with Gasteiger partial charge in [-0.2, -0.15) is 0 Å². The highest BCUT2D eigenvalue weighted by atomic mass is 32.1. The fourth-order valence-electron chi connectivity index (χ4n) is 2.35. The van der Waals surface area contributed by atoms with Crippen LogP contribution in [-0.2, 0) is 16.1 Å². The molecule has 1 aromatic carbocycles. The van der Waals surface area contributed by atoms with Crippen LogP contribution in [0.15, 0.2) is 47.1 Å². The molecule has 0 aliphatic rings. The molecule has 0 spiro atoms. The molecule has 1 heterocycles. The van der Waals surface area contributed by atoms with Gasteiger partial charge in [-0.15, -0.1) is 16.8 Å². The second-order valence-corrected chi connectivity index (χ2v) is 5.59. The summed E-state index contributed by atoms with van der Waals surface area (Å²) in [7, 11) is 1.35. The number of carbonyl (C=O) groups excluding carboxylic acids is 1. The monoisotopic (exact) mass is 360 g/mol. The van der Waals surface area contributed by atoms with Gasteiger partial charge in [-0.05, 0) is 24.7 Å². The number of benzene rings is 1. The minimum absolute atomic E-state index is 0.0124. The third-order valence-electron chi connectivity index (χ3n) is 3.53. The van der Waals surface area contributed by atoms with Gasteiger partial charge in [0, 0.05) is 24.9 Å². The Morgan fingerprint density at radius 2 is 2.24 bits per heavy atom. The maximum absolute atomic E-state index is 11.0. The number of nitrogens with zero attached hydrogens (tertiary/aromatic N) is 3. The minimum atomic E-state index is -0.269. The number of carbonyl (C=O) groups is 1. The maximum atomic E-state index is 11.0. The maximum Gasteiger partial charge on any atom is 0.305 e. The zero-order valence-corrected chi connectivity index (χ0v) is 14.8. The number of ether oxygens (including phenoxy) is 1. The standard InChI is InChI=1S/C17H20N4O3S/c1-3-11-21-13-8-5-4-7-12(13)15(16(21)23)19-20-17(25)18-10-6-9-14(22)24-2/h3-5,7-8,23H,1,6,9-11H2,2H3,(H,18,25). The lowest BCUT2D eigenvalue weighted by Crippen LogP contribution is -2.21. The molecule has 0 saturated heterocycles. The van der Waals surface area contributed by atoms with Crippen LogP contribution in [0.5, 0.6) is 5.88 Å². The van der Waals surface area contributed by atoms with E-state index in [4.69, 9.17) is 12.2 Å². The Balaban J connectivity index is 2.08. The van der Waals surface area contributed by atoms with Gasteiger partial charge >= 0.3 is 5.97 Å². The van der Waals surface area contributed by atoms with Gasteiger partial charge in [0.05, 0.1) is 12.6 Å². The summed E-state index contributed by atoms with van der Waals surface area (Å²) in [6, 6.07) is 7.50. The van der Waals surface area contributed by atoms with Gasteiger partial charge in [-0.25, -0.2) is 0 Å². The van der Waals surface area contributed by atoms with E-state index in [2.05, 4.69) is 26.9 Å². The summed E-state index contributed by atoms with van der Waals surface area (Å²) in [6.07, 6.45) is 2.58. The predicted molar refractivity (Wildman–Crippen MR) is 100 cm³/mol. The number of hydrogen-bond acceptors (Lipinski definition) is 5. The van der Waals surface area contributed by atoms with E-state index in [1.54, 1.807) is 10.6 Å². The van der Waals surface area contributed by atoms with E-state index in [0.717, 1.165) is 10.9 Å². The molecule has 0 aliphatic carbocycles. The number of hydrogen-bond donors (Lipinski definition) is 2. The second kappa shape index (κ2) is 8.93. The van der Waals surface area contributed by atoms with Crippen molar-refractivity contribution in [1.82, 2.24) is 9.88 Å². The fraction of sp³-hybridized carbons (Fsp3) is 0.294. The summed E-state index contributed by atoms with van der Waals surface area (Å²) in [5, 5.41) is 22.3. The Morgan fingerprint density at radius 3 is 2.96 bits per heavy atom. The first-order valence-corrected chi connectivity index (χ1v) is 8.16. The van der Waals surface area contributed by atoms with Crippen LogP contribution < -0.4 is 5.32 Å². The number of methoxy groups -OCH3 is 1. The molecular formula is C17H20N4O3S. The Morgan fingerprint density at radius 1 is 1.48 bits per heavy atom. The van der Waals surface area contributed by atoms with Gasteiger partial charge in [0.15, 0.2) is 5.69 Å². The largest absolute Gasteiger partial charge is 0.493 e. The highest BCUT2D eigenvalue weighted by Crippen LogP contribution is 2.38. The number of esters is 1. The summed E-state index contributed by atoms with van der Waals surface area (Å²) in [5.74, 6) is -0.257. The number of azo groups is 1. The van der Waals surface area contributed by atoms with Crippen LogP contribution in [0.4, 0.5) is 5.69 Å². The molecule has 25 heavy (non-hydrogen) atoms. The second-order valence-electron chi connectivity index (χ2n) is 5.20. The first kappa shape index (κ1) is 18.6. The summed E-state index contributed by atoms with van der Waals surface area (Å²) in [6.45, 7) is 4.64. The molecule has 2 rings (SSSR count). The Kier molecular flexibility index (Phi) is 6.64. The molecule has 0 amide bonds. The molecule has 8 heteroatoms. The molecular weight excluding hydrogens is 340 g/mol. The quantitative estimate of drug-likeness (QED) is 0.260. The van der Waals surface area contributed by atoms with E-state index in [9.17, 15) is 9.90 Å². The number of nitrogens with one attached hydrogen (secondary N) is 1. The highest BCUT2D eigenvalue weighted by molar-refractivity contribution is 7.80. The van der Waals surface area contributed by atoms with Crippen molar-refractivity contribution < 1.29 is 14.6 Å². The summed E-state index contributed by atoms with van der Waals surface area (Å²) < 4.78 is 6.26. The third kappa shape index (κ3) is 4.63. The van der Waals surface area contributed by atoms with Gasteiger partial charge in [0.1, 0.15) is 0 Å². The number of allylic oxidation sites excluding steroid dienone is 1. The summed E-state index contributed by atoms with van der Waals surface area (Å²) in [4.78, 5) is 11.0. The first-order chi connectivity index (χ1) is 12.1. The molecule has 0 bridgehead atoms. The fourth-order valence-corrected chi connectivity index (χ4v) is 2.49. The van der Waals surface area contributed by atoms with Crippen molar-refractivity contribution in [3.63, 3.8) is 0 Å². The van der Waals surface area contributed by atoms with Crippen LogP contribution in [-0.4, -0.2) is 34.4 Å². The average molecular weight is 360 g/mol. The van der Waals surface area contributed by atoms with E-state index in [1.807, 2.05) is 24.3 Å². The smallest absolute Gasteiger partial charge is 0.305 e. The van der Waals surface area contributed by atoms with Crippen molar-refractivity contribution in [2.45, 2.75) is 19.4 Å². The molecule has 0 aliphatic heterocycles. The van der Waals surface area contributed by atoms with Crippen molar-refractivity contribution >= 4 is 39.9 Å². The normalized spacial score (nSPS) is 10.9. The van der Waals surface area contributed by atoms with Gasteiger partial charge in [-0.3, -0.25) is 4.79 Å². The molecule has 7 nitrogen and oxygen atoms in total. The summed E-state index contributed by atoms with van der Waals surface area (Å²) >= 11 is 5.09. The molecule has 0 fully saturated rings. The number of rotatable bonds is 7. The molecule has 0 radical (unpaired) electrons. The number of thiocarbonyl (C=S) groups is 1. The van der Waals surface area contributed by atoms with Gasteiger partial charge in [-0.1, -0.05) is 24.3 Å². The van der Waals surface area contributed by atoms with Crippen molar-refractivity contribution in [3.8, 4) is 5.88 Å². The Bertz CT molecular complexity index is 814. The highest BCUT2D eigenvalue weighted by Gasteiger charge is 2.15. The Labute approximate surface area is 151 Å². The predicted octanol–water partition coefficient (Wildman–Crippen LogP) is 3.44. The van der Waals surface area contributed by atoms with Crippen molar-refractivity contribution in [2.24, 2.45) is 10.2 Å². The molecule has 132 valence electrons. The number of para-hydroxylation sites is 1. The summed E-state index contributed by atoms with van der Waals surface area (Å²) in [5.41, 5.74) is 1.20. The minimum Gasteiger partial charge on any atom is -0.493 e. The van der Waals surface area contributed by atoms with E-state index < -0.39 is 0 Å². The van der Waals surface area contributed by atoms with Crippen LogP contribution in [0, 0.1) is 0 Å². The lowest BCUT2D eigenvalue weighted by molar-refractivity contribution is -0.140. The zero-order chi connectivity index (χ0) is 18.2. The van der Waals surface area contributed by atoms with Crippen molar-refractivity contribution in [1.29, 1.82) is 0 Å². The lowest BCUT2D eigenvalue weighted by Gasteiger charge is -2.02.